The second-order valence-electron chi connectivity index (χ2n) is 3.06. The Hall–Kier alpha value is -0.380. The lowest BCUT2D eigenvalue weighted by molar-refractivity contribution is 0.109. The van der Waals surface area contributed by atoms with Crippen LogP contribution in [0.15, 0.2) is 28.7 Å². The predicted molar refractivity (Wildman–Crippen MR) is 60.5 cm³/mol. The highest BCUT2D eigenvalue weighted by Gasteiger charge is 2.12. The summed E-state index contributed by atoms with van der Waals surface area (Å²) in [6.07, 6.45) is 0. The van der Waals surface area contributed by atoms with Crippen molar-refractivity contribution in [1.29, 1.82) is 0 Å². The molecule has 0 aliphatic rings. The molecule has 78 valence electrons. The Morgan fingerprint density at radius 1 is 1.43 bits per heavy atom. The number of ether oxygens (including phenoxy) is 1. The molecule has 14 heavy (non-hydrogen) atoms. The van der Waals surface area contributed by atoms with Gasteiger partial charge < -0.3 is 9.84 Å². The molecule has 1 N–H and O–H groups in total. The van der Waals surface area contributed by atoms with Crippen molar-refractivity contribution in [3.8, 4) is 0 Å². The molecule has 0 fully saturated rings. The fourth-order valence-electron chi connectivity index (χ4n) is 1.31. The largest absolute Gasteiger partial charge is 0.396 e. The molecular formula is C11H15BrO2. The number of benzene rings is 1. The maximum absolute atomic E-state index is 9.23. The van der Waals surface area contributed by atoms with Crippen molar-refractivity contribution in [3.63, 3.8) is 0 Å². The zero-order valence-electron chi connectivity index (χ0n) is 8.24. The molecule has 0 aliphatic heterocycles. The molecule has 0 radical (unpaired) electrons. The van der Waals surface area contributed by atoms with Crippen LogP contribution in [-0.4, -0.2) is 24.9 Å². The Morgan fingerprint density at radius 2 is 2.14 bits per heavy atom. The Kier molecular flexibility index (Phi) is 5.15. The van der Waals surface area contributed by atoms with E-state index in [1.165, 1.54) is 0 Å². The van der Waals surface area contributed by atoms with E-state index in [0.717, 1.165) is 10.0 Å². The second-order valence-corrected chi connectivity index (χ2v) is 3.91. The van der Waals surface area contributed by atoms with Crippen molar-refractivity contribution in [2.24, 2.45) is 0 Å². The third-order valence-corrected chi connectivity index (χ3v) is 2.81. The molecule has 0 saturated carbocycles. The summed E-state index contributed by atoms with van der Waals surface area (Å²) < 4.78 is 6.34. The first-order valence-corrected chi connectivity index (χ1v) is 5.52. The molecule has 0 spiro atoms. The van der Waals surface area contributed by atoms with Gasteiger partial charge in [0.2, 0.25) is 0 Å². The summed E-state index contributed by atoms with van der Waals surface area (Å²) in [5, 5.41) is 9.23. The van der Waals surface area contributed by atoms with E-state index in [2.05, 4.69) is 15.9 Å². The number of halogens is 1. The van der Waals surface area contributed by atoms with Gasteiger partial charge in [-0.2, -0.15) is 0 Å². The molecule has 2 nitrogen and oxygen atoms in total. The average Bonchev–Trinajstić information content (AvgIpc) is 2.21. The first-order chi connectivity index (χ1) is 6.79. The van der Waals surface area contributed by atoms with Crippen LogP contribution in [0.5, 0.6) is 0 Å². The summed E-state index contributed by atoms with van der Waals surface area (Å²) in [5.74, 6) is 0.0607. The molecule has 1 unspecified atom stereocenters. The molecule has 1 rings (SSSR count). The van der Waals surface area contributed by atoms with Crippen LogP contribution in [0, 0.1) is 0 Å². The van der Waals surface area contributed by atoms with E-state index in [1.807, 2.05) is 31.2 Å². The van der Waals surface area contributed by atoms with Gasteiger partial charge >= 0.3 is 0 Å². The fraction of sp³-hybridized carbons (Fsp3) is 0.455. The van der Waals surface area contributed by atoms with Crippen molar-refractivity contribution in [2.45, 2.75) is 12.8 Å². The predicted octanol–water partition coefficient (Wildman–Crippen LogP) is 2.56. The summed E-state index contributed by atoms with van der Waals surface area (Å²) in [5.41, 5.74) is 1.10. The number of rotatable bonds is 5. The molecule has 0 saturated heterocycles. The van der Waals surface area contributed by atoms with E-state index in [1.54, 1.807) is 0 Å². The molecule has 0 heterocycles. The van der Waals surface area contributed by atoms with Crippen LogP contribution in [0.3, 0.4) is 0 Å². The lowest BCUT2D eigenvalue weighted by atomic mass is 10.0. The molecule has 1 aromatic rings. The summed E-state index contributed by atoms with van der Waals surface area (Å²) in [6, 6.07) is 7.91. The minimum absolute atomic E-state index is 0.0607. The van der Waals surface area contributed by atoms with Crippen LogP contribution in [0.25, 0.3) is 0 Å². The van der Waals surface area contributed by atoms with E-state index < -0.39 is 0 Å². The molecule has 1 aromatic carbocycles. The highest BCUT2D eigenvalue weighted by atomic mass is 79.9. The smallest absolute Gasteiger partial charge is 0.0557 e. The maximum atomic E-state index is 9.23. The molecule has 0 bridgehead atoms. The molecule has 0 aromatic heterocycles. The summed E-state index contributed by atoms with van der Waals surface area (Å²) in [6.45, 7) is 3.31. The van der Waals surface area contributed by atoms with Gasteiger partial charge in [0.05, 0.1) is 13.2 Å². The number of aliphatic hydroxyl groups is 1. The van der Waals surface area contributed by atoms with E-state index in [-0.39, 0.29) is 12.5 Å². The monoisotopic (exact) mass is 258 g/mol. The topological polar surface area (TPSA) is 29.5 Å². The van der Waals surface area contributed by atoms with Crippen LogP contribution in [0.2, 0.25) is 0 Å². The van der Waals surface area contributed by atoms with Gasteiger partial charge in [0.1, 0.15) is 0 Å². The lowest BCUT2D eigenvalue weighted by Crippen LogP contribution is -2.12. The highest BCUT2D eigenvalue weighted by Crippen LogP contribution is 2.24. The van der Waals surface area contributed by atoms with Crippen LogP contribution in [0.1, 0.15) is 18.4 Å². The second kappa shape index (κ2) is 6.17. The van der Waals surface area contributed by atoms with E-state index in [0.29, 0.717) is 13.2 Å². The fourth-order valence-corrected chi connectivity index (χ4v) is 1.92. The third-order valence-electron chi connectivity index (χ3n) is 2.09. The maximum Gasteiger partial charge on any atom is 0.0557 e. The van der Waals surface area contributed by atoms with Crippen LogP contribution in [0.4, 0.5) is 0 Å². The van der Waals surface area contributed by atoms with Gasteiger partial charge in [-0.25, -0.2) is 0 Å². The Morgan fingerprint density at radius 3 is 2.71 bits per heavy atom. The van der Waals surface area contributed by atoms with Gasteiger partial charge in [-0.1, -0.05) is 34.1 Å². The zero-order valence-corrected chi connectivity index (χ0v) is 9.83. The zero-order chi connectivity index (χ0) is 10.4. The summed E-state index contributed by atoms with van der Waals surface area (Å²) in [4.78, 5) is 0. The van der Waals surface area contributed by atoms with Crippen molar-refractivity contribution in [2.75, 3.05) is 19.8 Å². The van der Waals surface area contributed by atoms with Gasteiger partial charge in [0.15, 0.2) is 0 Å². The molecular weight excluding hydrogens is 244 g/mol. The number of hydrogen-bond donors (Lipinski definition) is 1. The minimum atomic E-state index is 0.0607. The molecule has 1 atom stereocenters. The van der Waals surface area contributed by atoms with Crippen molar-refractivity contribution < 1.29 is 9.84 Å². The van der Waals surface area contributed by atoms with E-state index in [9.17, 15) is 5.11 Å². The van der Waals surface area contributed by atoms with Gasteiger partial charge in [0, 0.05) is 17.0 Å². The molecule has 3 heteroatoms. The third kappa shape index (κ3) is 3.08. The van der Waals surface area contributed by atoms with Gasteiger partial charge in [-0.05, 0) is 18.6 Å². The van der Waals surface area contributed by atoms with Gasteiger partial charge in [-0.15, -0.1) is 0 Å². The SMILES string of the molecule is CCOCC(CO)c1ccccc1Br. The van der Waals surface area contributed by atoms with Crippen LogP contribution < -0.4 is 0 Å². The Bertz CT molecular complexity index is 276. The van der Waals surface area contributed by atoms with Crippen LogP contribution >= 0.6 is 15.9 Å². The first-order valence-electron chi connectivity index (χ1n) is 4.72. The van der Waals surface area contributed by atoms with Crippen molar-refractivity contribution in [1.82, 2.24) is 0 Å². The van der Waals surface area contributed by atoms with Crippen molar-refractivity contribution in [3.05, 3.63) is 34.3 Å². The lowest BCUT2D eigenvalue weighted by Gasteiger charge is -2.15. The molecule has 0 aliphatic carbocycles. The average molecular weight is 259 g/mol. The molecule has 0 amide bonds. The van der Waals surface area contributed by atoms with Gasteiger partial charge in [0.25, 0.3) is 0 Å². The van der Waals surface area contributed by atoms with E-state index in [4.69, 9.17) is 4.74 Å². The Labute approximate surface area is 93.0 Å². The van der Waals surface area contributed by atoms with Crippen molar-refractivity contribution >= 4 is 15.9 Å². The number of aliphatic hydroxyl groups excluding tert-OH is 1. The Balaban J connectivity index is 2.73. The highest BCUT2D eigenvalue weighted by molar-refractivity contribution is 9.10. The van der Waals surface area contributed by atoms with E-state index >= 15 is 0 Å². The quantitative estimate of drug-likeness (QED) is 0.880. The normalized spacial score (nSPS) is 12.8. The summed E-state index contributed by atoms with van der Waals surface area (Å²) in [7, 11) is 0. The summed E-state index contributed by atoms with van der Waals surface area (Å²) >= 11 is 3.46. The minimum Gasteiger partial charge on any atom is -0.396 e. The van der Waals surface area contributed by atoms with Gasteiger partial charge in [-0.3, -0.25) is 0 Å². The standard InChI is InChI=1S/C11H15BrO2/c1-2-14-8-9(7-13)10-5-3-4-6-11(10)12/h3-6,9,13H,2,7-8H2,1H3. The first kappa shape index (κ1) is 11.7. The van der Waals surface area contributed by atoms with Crippen LogP contribution in [-0.2, 0) is 4.74 Å². The number of hydrogen-bond acceptors (Lipinski definition) is 2.